The van der Waals surface area contributed by atoms with Crippen LogP contribution in [0.1, 0.15) is 25.3 Å². The molecule has 2 atom stereocenters. The number of aliphatic hydroxyl groups excluding tert-OH is 1. The van der Waals surface area contributed by atoms with E-state index in [1.54, 1.807) is 19.1 Å². The average Bonchev–Trinajstić information content (AvgIpc) is 3.27. The fraction of sp³-hybridized carbons (Fsp3) is 0.478. The van der Waals surface area contributed by atoms with Crippen molar-refractivity contribution in [2.45, 2.75) is 42.9 Å². The second-order valence-corrected chi connectivity index (χ2v) is 10.6. The van der Waals surface area contributed by atoms with E-state index in [4.69, 9.17) is 0 Å². The monoisotopic (exact) mass is 501 g/mol. The van der Waals surface area contributed by atoms with E-state index >= 15 is 0 Å². The van der Waals surface area contributed by atoms with Gasteiger partial charge < -0.3 is 14.9 Å². The molecule has 4 rings (SSSR count). The van der Waals surface area contributed by atoms with Gasteiger partial charge >= 0.3 is 6.18 Å². The van der Waals surface area contributed by atoms with E-state index < -0.39 is 33.6 Å². The van der Waals surface area contributed by atoms with Crippen molar-refractivity contribution in [2.24, 2.45) is 0 Å². The number of halogens is 4. The van der Waals surface area contributed by atoms with E-state index in [0.29, 0.717) is 11.8 Å². The van der Waals surface area contributed by atoms with Gasteiger partial charge in [-0.1, -0.05) is 6.07 Å². The van der Waals surface area contributed by atoms with Crippen molar-refractivity contribution in [1.29, 1.82) is 0 Å². The van der Waals surface area contributed by atoms with Crippen LogP contribution < -0.4 is 9.80 Å². The average molecular weight is 502 g/mol. The lowest BCUT2D eigenvalue weighted by atomic mass is 10.1. The summed E-state index contributed by atoms with van der Waals surface area (Å²) in [5, 5.41) is 9.61. The van der Waals surface area contributed by atoms with Gasteiger partial charge in [0.2, 0.25) is 10.0 Å². The molecule has 0 amide bonds. The molecule has 0 radical (unpaired) electrons. The molecule has 0 aliphatic carbocycles. The molecular formula is C23H27F4N3O3S. The van der Waals surface area contributed by atoms with Crippen molar-refractivity contribution < 1.29 is 31.1 Å². The Morgan fingerprint density at radius 2 is 1.85 bits per heavy atom. The minimum atomic E-state index is -4.73. The molecule has 0 saturated carbocycles. The molecule has 11 heteroatoms. The summed E-state index contributed by atoms with van der Waals surface area (Å²) in [7, 11) is -3.90. The molecule has 2 aliphatic heterocycles. The molecule has 2 aromatic rings. The Kier molecular flexibility index (Phi) is 6.80. The number of anilines is 2. The molecule has 2 fully saturated rings. The van der Waals surface area contributed by atoms with Gasteiger partial charge in [-0.3, -0.25) is 0 Å². The molecule has 0 unspecified atom stereocenters. The summed E-state index contributed by atoms with van der Waals surface area (Å²) in [5.41, 5.74) is -0.526. The zero-order chi connectivity index (χ0) is 24.7. The summed E-state index contributed by atoms with van der Waals surface area (Å²) in [5.74, 6) is -0.980. The Bertz CT molecular complexity index is 1140. The second-order valence-electron chi connectivity index (χ2n) is 8.74. The minimum absolute atomic E-state index is 0.00855. The molecule has 0 spiro atoms. The van der Waals surface area contributed by atoms with Crippen LogP contribution in [0.5, 0.6) is 0 Å². The van der Waals surface area contributed by atoms with Crippen LogP contribution in [0.2, 0.25) is 0 Å². The number of nitrogens with zero attached hydrogens (tertiary/aromatic N) is 3. The van der Waals surface area contributed by atoms with E-state index in [2.05, 4.69) is 0 Å². The van der Waals surface area contributed by atoms with E-state index in [-0.39, 0.29) is 42.9 Å². The number of alkyl halides is 3. The van der Waals surface area contributed by atoms with Gasteiger partial charge in [0.25, 0.3) is 0 Å². The number of rotatable bonds is 5. The third-order valence-electron chi connectivity index (χ3n) is 6.51. The molecule has 2 saturated heterocycles. The Balaban J connectivity index is 1.56. The van der Waals surface area contributed by atoms with E-state index in [1.807, 2.05) is 11.0 Å². The van der Waals surface area contributed by atoms with Gasteiger partial charge in [-0.2, -0.15) is 17.5 Å². The first-order chi connectivity index (χ1) is 16.0. The van der Waals surface area contributed by atoms with Crippen molar-refractivity contribution in [3.05, 3.63) is 53.8 Å². The standard InChI is InChI=1S/C23H27F4N3O3S/c1-16-14-28(22-8-7-17(24)12-21(22)23(25,26)27)10-11-30(16)34(32,33)20-6-2-4-18(13-20)29-9-3-5-19(29)15-31/h2,4,6-8,12-13,16,19,31H,3,5,9-11,14-15H2,1H3/t16-,19+/m1/s1. The number of hydrogen-bond donors (Lipinski definition) is 1. The van der Waals surface area contributed by atoms with Crippen LogP contribution in [0, 0.1) is 5.82 Å². The third kappa shape index (κ3) is 4.73. The summed E-state index contributed by atoms with van der Waals surface area (Å²) in [4.78, 5) is 3.55. The van der Waals surface area contributed by atoms with Crippen LogP contribution in [-0.4, -0.2) is 62.7 Å². The molecule has 2 aromatic carbocycles. The maximum atomic E-state index is 13.5. The lowest BCUT2D eigenvalue weighted by Crippen LogP contribution is -2.54. The minimum Gasteiger partial charge on any atom is -0.394 e. The summed E-state index contributed by atoms with van der Waals surface area (Å²) < 4.78 is 82.1. The first kappa shape index (κ1) is 24.7. The smallest absolute Gasteiger partial charge is 0.394 e. The number of aliphatic hydroxyl groups is 1. The Labute approximate surface area is 196 Å². The quantitative estimate of drug-likeness (QED) is 0.633. The molecule has 1 N–H and O–H groups in total. The van der Waals surface area contributed by atoms with Crippen molar-refractivity contribution in [3.8, 4) is 0 Å². The highest BCUT2D eigenvalue weighted by Gasteiger charge is 2.39. The molecule has 34 heavy (non-hydrogen) atoms. The van der Waals surface area contributed by atoms with Crippen LogP contribution >= 0.6 is 0 Å². The maximum absolute atomic E-state index is 13.5. The molecule has 2 heterocycles. The van der Waals surface area contributed by atoms with Gasteiger partial charge in [0.15, 0.2) is 0 Å². The fourth-order valence-corrected chi connectivity index (χ4v) is 6.50. The van der Waals surface area contributed by atoms with Gasteiger partial charge in [-0.05, 0) is 56.2 Å². The largest absolute Gasteiger partial charge is 0.418 e. The summed E-state index contributed by atoms with van der Waals surface area (Å²) in [6.45, 7) is 2.42. The predicted molar refractivity (Wildman–Crippen MR) is 121 cm³/mol. The topological polar surface area (TPSA) is 64.1 Å². The number of piperazine rings is 1. The predicted octanol–water partition coefficient (Wildman–Crippen LogP) is 3.71. The molecule has 0 bridgehead atoms. The summed E-state index contributed by atoms with van der Waals surface area (Å²) >= 11 is 0. The molecular weight excluding hydrogens is 474 g/mol. The highest BCUT2D eigenvalue weighted by atomic mass is 32.2. The van der Waals surface area contributed by atoms with Gasteiger partial charge in [0.1, 0.15) is 5.82 Å². The maximum Gasteiger partial charge on any atom is 0.418 e. The second kappa shape index (κ2) is 9.35. The first-order valence-electron chi connectivity index (χ1n) is 11.1. The lowest BCUT2D eigenvalue weighted by molar-refractivity contribution is -0.137. The highest BCUT2D eigenvalue weighted by Crippen LogP contribution is 2.38. The molecule has 6 nitrogen and oxygen atoms in total. The van der Waals surface area contributed by atoms with Gasteiger partial charge in [0.05, 0.1) is 23.1 Å². The van der Waals surface area contributed by atoms with Crippen LogP contribution in [0.3, 0.4) is 0 Å². The van der Waals surface area contributed by atoms with E-state index in [0.717, 1.165) is 31.5 Å². The molecule has 0 aromatic heterocycles. The molecule has 186 valence electrons. The van der Waals surface area contributed by atoms with Crippen molar-refractivity contribution in [1.82, 2.24) is 4.31 Å². The van der Waals surface area contributed by atoms with Crippen LogP contribution in [0.4, 0.5) is 28.9 Å². The normalized spacial score (nSPS) is 22.4. The first-order valence-corrected chi connectivity index (χ1v) is 12.6. The lowest BCUT2D eigenvalue weighted by Gasteiger charge is -2.41. The van der Waals surface area contributed by atoms with Crippen LogP contribution in [0.15, 0.2) is 47.4 Å². The molecule has 2 aliphatic rings. The Morgan fingerprint density at radius 3 is 2.53 bits per heavy atom. The number of benzene rings is 2. The Morgan fingerprint density at radius 1 is 1.09 bits per heavy atom. The SMILES string of the molecule is C[C@@H]1CN(c2ccc(F)cc2C(F)(F)F)CCN1S(=O)(=O)c1cccc(N2CCC[C@H]2CO)c1. The van der Waals surface area contributed by atoms with Gasteiger partial charge in [-0.25, -0.2) is 12.8 Å². The zero-order valence-electron chi connectivity index (χ0n) is 18.7. The van der Waals surface area contributed by atoms with Crippen molar-refractivity contribution in [2.75, 3.05) is 42.6 Å². The van der Waals surface area contributed by atoms with Gasteiger partial charge in [-0.15, -0.1) is 0 Å². The summed E-state index contributed by atoms with van der Waals surface area (Å²) in [6, 6.07) is 8.42. The van der Waals surface area contributed by atoms with Gasteiger partial charge in [0, 0.05) is 43.6 Å². The zero-order valence-corrected chi connectivity index (χ0v) is 19.5. The fourth-order valence-electron chi connectivity index (χ4n) is 4.85. The van der Waals surface area contributed by atoms with E-state index in [9.17, 15) is 31.1 Å². The Hall–Kier alpha value is -2.37. The number of hydrogen-bond acceptors (Lipinski definition) is 5. The van der Waals surface area contributed by atoms with Crippen LogP contribution in [-0.2, 0) is 16.2 Å². The highest BCUT2D eigenvalue weighted by molar-refractivity contribution is 7.89. The van der Waals surface area contributed by atoms with Crippen molar-refractivity contribution >= 4 is 21.4 Å². The third-order valence-corrected chi connectivity index (χ3v) is 8.52. The van der Waals surface area contributed by atoms with Crippen molar-refractivity contribution in [3.63, 3.8) is 0 Å². The number of sulfonamides is 1. The summed E-state index contributed by atoms with van der Waals surface area (Å²) in [6.07, 6.45) is -2.99. The van der Waals surface area contributed by atoms with E-state index in [1.165, 1.54) is 15.3 Å². The van der Waals surface area contributed by atoms with Crippen LogP contribution in [0.25, 0.3) is 0 Å².